The molecule has 1 aliphatic carbocycles. The number of ketones is 1. The Morgan fingerprint density at radius 3 is 2.41 bits per heavy atom. The normalized spacial score (nSPS) is 18.9. The summed E-state index contributed by atoms with van der Waals surface area (Å²) in [7, 11) is 0. The number of allylic oxidation sites excluding steroid dienone is 2. The Morgan fingerprint density at radius 1 is 1.06 bits per heavy atom. The molecule has 0 heterocycles. The number of hydrogen-bond acceptors (Lipinski definition) is 1. The fraction of sp³-hybridized carbons (Fsp3) is 0.438. The third-order valence-corrected chi connectivity index (χ3v) is 3.30. The van der Waals surface area contributed by atoms with Gasteiger partial charge < -0.3 is 0 Å². The Bertz CT molecular complexity index is 426. The highest BCUT2D eigenvalue weighted by atomic mass is 16.1. The molecule has 17 heavy (non-hydrogen) atoms. The molecule has 1 heteroatoms. The minimum absolute atomic E-state index is 0.151. The van der Waals surface area contributed by atoms with Crippen LogP contribution in [0.25, 0.3) is 0 Å². The van der Waals surface area contributed by atoms with Gasteiger partial charge in [-0.25, -0.2) is 0 Å². The molecule has 90 valence electrons. The maximum Gasteiger partial charge on any atom is 0.156 e. The van der Waals surface area contributed by atoms with Gasteiger partial charge in [-0.05, 0) is 36.3 Å². The topological polar surface area (TPSA) is 17.1 Å². The fourth-order valence-corrected chi connectivity index (χ4v) is 2.59. The van der Waals surface area contributed by atoms with Gasteiger partial charge >= 0.3 is 0 Å². The predicted octanol–water partition coefficient (Wildman–Crippen LogP) is 3.93. The lowest BCUT2D eigenvalue weighted by Gasteiger charge is -2.28. The van der Waals surface area contributed by atoms with Crippen LogP contribution >= 0.6 is 0 Å². The highest BCUT2D eigenvalue weighted by molar-refractivity contribution is 5.91. The highest BCUT2D eigenvalue weighted by Crippen LogP contribution is 2.35. The highest BCUT2D eigenvalue weighted by Gasteiger charge is 2.26. The summed E-state index contributed by atoms with van der Waals surface area (Å²) in [6.45, 7) is 4.36. The Kier molecular flexibility index (Phi) is 3.46. The van der Waals surface area contributed by atoms with Gasteiger partial charge in [0.05, 0.1) is 0 Å². The molecule has 2 rings (SSSR count). The zero-order chi connectivity index (χ0) is 12.3. The van der Waals surface area contributed by atoms with Gasteiger partial charge in [-0.1, -0.05) is 49.8 Å². The third-order valence-electron chi connectivity index (χ3n) is 3.30. The third kappa shape index (κ3) is 3.55. The first-order valence-electron chi connectivity index (χ1n) is 6.31. The van der Waals surface area contributed by atoms with Crippen molar-refractivity contribution in [3.05, 3.63) is 47.5 Å². The summed E-state index contributed by atoms with van der Waals surface area (Å²) in [5.41, 5.74) is 2.82. The van der Waals surface area contributed by atoms with Crippen LogP contribution in [-0.2, 0) is 11.2 Å². The first-order chi connectivity index (χ1) is 8.05. The van der Waals surface area contributed by atoms with Crippen LogP contribution in [-0.4, -0.2) is 5.78 Å². The van der Waals surface area contributed by atoms with Crippen LogP contribution < -0.4 is 0 Å². The first-order valence-corrected chi connectivity index (χ1v) is 6.31. The second kappa shape index (κ2) is 4.87. The SMILES string of the molecule is CC1(C)CC(=O)C=C(CCc2ccccc2)C1. The summed E-state index contributed by atoms with van der Waals surface area (Å²) >= 11 is 0. The van der Waals surface area contributed by atoms with E-state index in [1.807, 2.05) is 12.1 Å². The Hall–Kier alpha value is -1.37. The minimum Gasteiger partial charge on any atom is -0.295 e. The molecule has 0 amide bonds. The van der Waals surface area contributed by atoms with Crippen LogP contribution in [0.3, 0.4) is 0 Å². The summed E-state index contributed by atoms with van der Waals surface area (Å²) in [5, 5.41) is 0. The monoisotopic (exact) mass is 228 g/mol. The van der Waals surface area contributed by atoms with Crippen molar-refractivity contribution in [3.8, 4) is 0 Å². The molecule has 0 radical (unpaired) electrons. The van der Waals surface area contributed by atoms with Gasteiger partial charge in [0, 0.05) is 6.42 Å². The molecule has 0 unspecified atom stereocenters. The quantitative estimate of drug-likeness (QED) is 0.766. The molecule has 0 fully saturated rings. The molecule has 1 aromatic carbocycles. The van der Waals surface area contributed by atoms with Crippen LogP contribution in [0.15, 0.2) is 42.0 Å². The zero-order valence-electron chi connectivity index (χ0n) is 10.7. The summed E-state index contributed by atoms with van der Waals surface area (Å²) < 4.78 is 0. The molecule has 0 atom stereocenters. The van der Waals surface area contributed by atoms with Gasteiger partial charge in [-0.2, -0.15) is 0 Å². The maximum atomic E-state index is 11.6. The molecular weight excluding hydrogens is 208 g/mol. The van der Waals surface area contributed by atoms with Crippen LogP contribution in [0.2, 0.25) is 0 Å². The average molecular weight is 228 g/mol. The Morgan fingerprint density at radius 2 is 1.76 bits per heavy atom. The lowest BCUT2D eigenvalue weighted by Crippen LogP contribution is -2.21. The summed E-state index contributed by atoms with van der Waals surface area (Å²) in [6.07, 6.45) is 5.68. The number of carbonyl (C=O) groups excluding carboxylic acids is 1. The van der Waals surface area contributed by atoms with Crippen molar-refractivity contribution in [1.29, 1.82) is 0 Å². The first kappa shape index (κ1) is 12.1. The summed E-state index contributed by atoms with van der Waals surface area (Å²) in [5.74, 6) is 0.296. The van der Waals surface area contributed by atoms with E-state index in [4.69, 9.17) is 0 Å². The molecule has 1 nitrogen and oxygen atoms in total. The van der Waals surface area contributed by atoms with Crippen LogP contribution in [0.5, 0.6) is 0 Å². The number of carbonyl (C=O) groups is 1. The van der Waals surface area contributed by atoms with Crippen LogP contribution in [0, 0.1) is 5.41 Å². The van der Waals surface area contributed by atoms with Crippen molar-refractivity contribution < 1.29 is 4.79 Å². The summed E-state index contributed by atoms with van der Waals surface area (Å²) in [6, 6.07) is 10.5. The molecule has 0 saturated carbocycles. The lowest BCUT2D eigenvalue weighted by atomic mass is 9.75. The van der Waals surface area contributed by atoms with Crippen molar-refractivity contribution in [2.24, 2.45) is 5.41 Å². The lowest BCUT2D eigenvalue weighted by molar-refractivity contribution is -0.117. The van der Waals surface area contributed by atoms with E-state index >= 15 is 0 Å². The molecule has 1 aliphatic rings. The van der Waals surface area contributed by atoms with Crippen molar-refractivity contribution in [2.45, 2.75) is 39.5 Å². The molecular formula is C16H20O. The van der Waals surface area contributed by atoms with Gasteiger partial charge in [-0.3, -0.25) is 4.79 Å². The number of hydrogen-bond donors (Lipinski definition) is 0. The van der Waals surface area contributed by atoms with E-state index in [1.54, 1.807) is 0 Å². The smallest absolute Gasteiger partial charge is 0.156 e. The van der Waals surface area contributed by atoms with Gasteiger partial charge in [0.2, 0.25) is 0 Å². The van der Waals surface area contributed by atoms with E-state index in [2.05, 4.69) is 38.1 Å². The molecule has 0 aliphatic heterocycles. The van der Waals surface area contributed by atoms with E-state index in [-0.39, 0.29) is 5.41 Å². The molecule has 0 aromatic heterocycles. The maximum absolute atomic E-state index is 11.6. The largest absolute Gasteiger partial charge is 0.295 e. The van der Waals surface area contributed by atoms with Crippen molar-refractivity contribution >= 4 is 5.78 Å². The van der Waals surface area contributed by atoms with E-state index < -0.39 is 0 Å². The van der Waals surface area contributed by atoms with Gasteiger partial charge in [0.1, 0.15) is 0 Å². The van der Waals surface area contributed by atoms with E-state index in [0.717, 1.165) is 19.3 Å². The number of aryl methyl sites for hydroxylation is 1. The van der Waals surface area contributed by atoms with Crippen LogP contribution in [0.4, 0.5) is 0 Å². The molecule has 0 saturated heterocycles. The van der Waals surface area contributed by atoms with E-state index in [0.29, 0.717) is 12.2 Å². The molecule has 0 N–H and O–H groups in total. The standard InChI is InChI=1S/C16H20O/c1-16(2)11-14(10-15(17)12-16)9-8-13-6-4-3-5-7-13/h3-7,10H,8-9,11-12H2,1-2H3. The van der Waals surface area contributed by atoms with Gasteiger partial charge in [0.15, 0.2) is 5.78 Å². The van der Waals surface area contributed by atoms with Crippen molar-refractivity contribution in [2.75, 3.05) is 0 Å². The second-order valence-corrected chi connectivity index (χ2v) is 5.77. The van der Waals surface area contributed by atoms with Crippen LogP contribution in [0.1, 0.15) is 38.7 Å². The Labute approximate surface area is 104 Å². The van der Waals surface area contributed by atoms with Gasteiger partial charge in [-0.15, -0.1) is 0 Å². The second-order valence-electron chi connectivity index (χ2n) is 5.77. The van der Waals surface area contributed by atoms with E-state index in [1.165, 1.54) is 11.1 Å². The van der Waals surface area contributed by atoms with Crippen molar-refractivity contribution in [3.63, 3.8) is 0 Å². The summed E-state index contributed by atoms with van der Waals surface area (Å²) in [4.78, 5) is 11.6. The van der Waals surface area contributed by atoms with E-state index in [9.17, 15) is 4.79 Å². The fourth-order valence-electron chi connectivity index (χ4n) is 2.59. The number of benzene rings is 1. The van der Waals surface area contributed by atoms with Crippen molar-refractivity contribution in [1.82, 2.24) is 0 Å². The van der Waals surface area contributed by atoms with Gasteiger partial charge in [0.25, 0.3) is 0 Å². The minimum atomic E-state index is 0.151. The molecule has 0 bridgehead atoms. The number of rotatable bonds is 3. The average Bonchev–Trinajstić information content (AvgIpc) is 2.25. The Balaban J connectivity index is 1.98. The predicted molar refractivity (Wildman–Crippen MR) is 70.9 cm³/mol. The zero-order valence-corrected chi connectivity index (χ0v) is 10.7. The molecule has 1 aromatic rings. The molecule has 0 spiro atoms.